The predicted molar refractivity (Wildman–Crippen MR) is 33.6 cm³/mol. The van der Waals surface area contributed by atoms with Crippen LogP contribution in [0.1, 0.15) is 0 Å². The van der Waals surface area contributed by atoms with Gasteiger partial charge in [0, 0.05) is 26.2 Å². The minimum Gasteiger partial charge on any atom is -0.446 e. The molecule has 0 saturated carbocycles. The third-order valence-corrected chi connectivity index (χ3v) is 0.718. The zero-order chi connectivity index (χ0) is 6.24. The maximum absolute atomic E-state index is 5.18. The van der Waals surface area contributed by atoms with Crippen LogP contribution in [0.15, 0.2) is 0 Å². The van der Waals surface area contributed by atoms with Crippen LogP contribution in [0.25, 0.3) is 0 Å². The molecule has 3 nitrogen and oxygen atoms in total. The average Bonchev–Trinajstić information content (AvgIpc) is 1.81. The summed E-state index contributed by atoms with van der Waals surface area (Å²) in [4.78, 5) is 0. The van der Waals surface area contributed by atoms with Gasteiger partial charge in [0.2, 0.25) is 0 Å². The van der Waals surface area contributed by atoms with Crippen molar-refractivity contribution < 1.29 is 4.65 Å². The summed E-state index contributed by atoms with van der Waals surface area (Å²) in [5.41, 5.74) is 5.18. The second-order valence-corrected chi connectivity index (χ2v) is 1.41. The van der Waals surface area contributed by atoms with Crippen molar-refractivity contribution in [2.75, 3.05) is 26.2 Å². The highest BCUT2D eigenvalue weighted by molar-refractivity contribution is 5.97. The molecule has 8 heavy (non-hydrogen) atoms. The van der Waals surface area contributed by atoms with Crippen LogP contribution in [-0.4, -0.2) is 34.3 Å². The maximum atomic E-state index is 5.18. The fourth-order valence-corrected chi connectivity index (χ4v) is 0.358. The van der Waals surface area contributed by atoms with E-state index in [4.69, 9.17) is 13.8 Å². The molecule has 0 aliphatic carbocycles. The lowest BCUT2D eigenvalue weighted by molar-refractivity contribution is 0.345. The molecule has 0 amide bonds. The van der Waals surface area contributed by atoms with E-state index in [0.29, 0.717) is 13.2 Å². The van der Waals surface area contributed by atoms with Gasteiger partial charge in [0.15, 0.2) is 0 Å². The average molecular weight is 114 g/mol. The van der Waals surface area contributed by atoms with Gasteiger partial charge in [-0.1, -0.05) is 0 Å². The van der Waals surface area contributed by atoms with E-state index in [1.165, 1.54) is 0 Å². The Morgan fingerprint density at radius 2 is 2.25 bits per heavy atom. The van der Waals surface area contributed by atoms with Gasteiger partial charge in [-0.15, -0.1) is 0 Å². The van der Waals surface area contributed by atoms with Gasteiger partial charge in [-0.05, 0) is 0 Å². The molecule has 2 radical (unpaired) electrons. The normalized spacial score (nSPS) is 9.62. The smallest absolute Gasteiger partial charge is 0.282 e. The standard InChI is InChI=1S/C4H11BN2O/c5-8-4-3-7-2-1-6/h7H,1-4,6H2. The molecule has 0 saturated heterocycles. The Hall–Kier alpha value is -0.0551. The number of rotatable bonds is 5. The Bertz CT molecular complexity index is 39.0. The lowest BCUT2D eigenvalue weighted by atomic mass is 10.5. The van der Waals surface area contributed by atoms with Gasteiger partial charge in [-0.25, -0.2) is 0 Å². The van der Waals surface area contributed by atoms with Gasteiger partial charge < -0.3 is 15.7 Å². The van der Waals surface area contributed by atoms with Gasteiger partial charge in [-0.2, -0.15) is 0 Å². The third-order valence-electron chi connectivity index (χ3n) is 0.718. The van der Waals surface area contributed by atoms with Crippen molar-refractivity contribution in [2.24, 2.45) is 5.73 Å². The minimum absolute atomic E-state index is 0.542. The topological polar surface area (TPSA) is 47.3 Å². The molecule has 0 heterocycles. The second kappa shape index (κ2) is 6.94. The Labute approximate surface area is 51.0 Å². The summed E-state index contributed by atoms with van der Waals surface area (Å²) in [6.45, 7) is 2.79. The molecule has 3 N–H and O–H groups in total. The van der Waals surface area contributed by atoms with Crippen molar-refractivity contribution in [3.05, 3.63) is 0 Å². The molecule has 0 aromatic carbocycles. The SMILES string of the molecule is [B]OCCNCCN. The molecule has 0 bridgehead atoms. The van der Waals surface area contributed by atoms with E-state index in [2.05, 4.69) is 9.97 Å². The molecule has 0 aromatic rings. The van der Waals surface area contributed by atoms with Crippen molar-refractivity contribution in [1.82, 2.24) is 5.32 Å². The molecular weight excluding hydrogens is 103 g/mol. The van der Waals surface area contributed by atoms with Crippen molar-refractivity contribution in [3.8, 4) is 0 Å². The molecule has 0 aliphatic rings. The highest BCUT2D eigenvalue weighted by atomic mass is 16.4. The van der Waals surface area contributed by atoms with Crippen LogP contribution in [-0.2, 0) is 4.65 Å². The molecule has 0 unspecified atom stereocenters. The minimum atomic E-state index is 0.542. The van der Waals surface area contributed by atoms with Crippen molar-refractivity contribution in [1.29, 1.82) is 0 Å². The summed E-state index contributed by atoms with van der Waals surface area (Å²) >= 11 is 0. The molecule has 0 atom stereocenters. The number of nitrogens with one attached hydrogen (secondary N) is 1. The summed E-state index contributed by atoms with van der Waals surface area (Å²) in [6, 6.07) is 0. The van der Waals surface area contributed by atoms with Crippen LogP contribution in [0.4, 0.5) is 0 Å². The summed E-state index contributed by atoms with van der Waals surface area (Å²) in [5, 5.41) is 3.01. The fourth-order valence-electron chi connectivity index (χ4n) is 0.358. The Balaban J connectivity index is 2.53. The molecule has 0 spiro atoms. The fraction of sp³-hybridized carbons (Fsp3) is 1.00. The largest absolute Gasteiger partial charge is 0.446 e. The molecule has 46 valence electrons. The van der Waals surface area contributed by atoms with E-state index < -0.39 is 0 Å². The van der Waals surface area contributed by atoms with E-state index in [0.717, 1.165) is 13.1 Å². The highest BCUT2D eigenvalue weighted by Gasteiger charge is 1.80. The summed E-state index contributed by atoms with van der Waals surface area (Å²) in [7, 11) is 4.74. The van der Waals surface area contributed by atoms with E-state index in [1.54, 1.807) is 0 Å². The first-order valence-corrected chi connectivity index (χ1v) is 2.64. The Morgan fingerprint density at radius 3 is 2.75 bits per heavy atom. The molecule has 0 aliphatic heterocycles. The van der Waals surface area contributed by atoms with Crippen molar-refractivity contribution in [2.45, 2.75) is 0 Å². The molecule has 0 rings (SSSR count). The van der Waals surface area contributed by atoms with Crippen LogP contribution in [0, 0.1) is 0 Å². The first-order valence-electron chi connectivity index (χ1n) is 2.64. The summed E-state index contributed by atoms with van der Waals surface area (Å²) in [6.07, 6.45) is 0. The monoisotopic (exact) mass is 114 g/mol. The van der Waals surface area contributed by atoms with Gasteiger partial charge in [0.25, 0.3) is 8.05 Å². The van der Waals surface area contributed by atoms with Crippen LogP contribution >= 0.6 is 0 Å². The molecule has 0 aromatic heterocycles. The predicted octanol–water partition coefficient (Wildman–Crippen LogP) is -1.37. The van der Waals surface area contributed by atoms with Crippen LogP contribution in [0.5, 0.6) is 0 Å². The quantitative estimate of drug-likeness (QED) is 0.342. The zero-order valence-corrected chi connectivity index (χ0v) is 4.89. The number of hydrogen-bond donors (Lipinski definition) is 2. The van der Waals surface area contributed by atoms with Gasteiger partial charge in [-0.3, -0.25) is 0 Å². The zero-order valence-electron chi connectivity index (χ0n) is 4.89. The van der Waals surface area contributed by atoms with Gasteiger partial charge in [0.05, 0.1) is 0 Å². The second-order valence-electron chi connectivity index (χ2n) is 1.41. The van der Waals surface area contributed by atoms with E-state index in [-0.39, 0.29) is 0 Å². The van der Waals surface area contributed by atoms with Crippen molar-refractivity contribution >= 4 is 8.05 Å². The number of hydrogen-bond acceptors (Lipinski definition) is 3. The van der Waals surface area contributed by atoms with Crippen LogP contribution in [0.3, 0.4) is 0 Å². The summed E-state index contributed by atoms with van der Waals surface area (Å²) < 4.78 is 4.29. The molecular formula is C4H11BN2O. The first-order chi connectivity index (χ1) is 3.91. The van der Waals surface area contributed by atoms with Gasteiger partial charge in [0.1, 0.15) is 0 Å². The molecule has 0 fully saturated rings. The Morgan fingerprint density at radius 1 is 1.50 bits per heavy atom. The lowest BCUT2D eigenvalue weighted by Gasteiger charge is -1.99. The van der Waals surface area contributed by atoms with E-state index >= 15 is 0 Å². The van der Waals surface area contributed by atoms with E-state index in [9.17, 15) is 0 Å². The first kappa shape index (κ1) is 7.94. The number of nitrogens with two attached hydrogens (primary N) is 1. The van der Waals surface area contributed by atoms with Crippen molar-refractivity contribution in [3.63, 3.8) is 0 Å². The van der Waals surface area contributed by atoms with Crippen LogP contribution < -0.4 is 11.1 Å². The summed E-state index contributed by atoms with van der Waals surface area (Å²) in [5.74, 6) is 0. The maximum Gasteiger partial charge on any atom is 0.282 e. The highest BCUT2D eigenvalue weighted by Crippen LogP contribution is 1.60. The Kier molecular flexibility index (Phi) is 6.90. The van der Waals surface area contributed by atoms with Gasteiger partial charge >= 0.3 is 0 Å². The third kappa shape index (κ3) is 5.94. The van der Waals surface area contributed by atoms with E-state index in [1.807, 2.05) is 0 Å². The molecule has 4 heteroatoms. The van der Waals surface area contributed by atoms with Crippen LogP contribution in [0.2, 0.25) is 0 Å². The lowest BCUT2D eigenvalue weighted by Crippen LogP contribution is -2.25.